The van der Waals surface area contributed by atoms with E-state index in [1.54, 1.807) is 36.4 Å². The normalized spacial score (nSPS) is 14.3. The summed E-state index contributed by atoms with van der Waals surface area (Å²) in [6.45, 7) is -0.0698. The number of aliphatic carboxylic acids is 1. The maximum atomic E-state index is 12.5. The Hall–Kier alpha value is -4.28. The number of aryl methyl sites for hydroxylation is 1. The smallest absolute Gasteiger partial charge is 0.309 e. The summed E-state index contributed by atoms with van der Waals surface area (Å²) in [4.78, 5) is 37.9. The number of carbonyl (C=O) groups is 3. The van der Waals surface area contributed by atoms with Crippen LogP contribution in [0, 0.1) is 17.2 Å². The van der Waals surface area contributed by atoms with E-state index in [-0.39, 0.29) is 19.4 Å². The fraction of sp³-hybridized carbons (Fsp3) is 0.214. The molecular formula is C28H24N2O5. The van der Waals surface area contributed by atoms with Gasteiger partial charge in [-0.2, -0.15) is 5.26 Å². The van der Waals surface area contributed by atoms with Crippen LogP contribution in [0.3, 0.4) is 0 Å². The SMILES string of the molecule is N#Cc1ccc(-c2ccc(CCC(O)C(CCN3C(=O)c4ccccc4C3=O)C(=O)O)cc2)cc1. The molecule has 1 aliphatic rings. The average Bonchev–Trinajstić information content (AvgIpc) is 3.12. The molecule has 0 saturated heterocycles. The van der Waals surface area contributed by atoms with Gasteiger partial charge in [-0.3, -0.25) is 19.3 Å². The first kappa shape index (κ1) is 23.9. The summed E-state index contributed by atoms with van der Waals surface area (Å²) >= 11 is 0. The Morgan fingerprint density at radius 3 is 1.91 bits per heavy atom. The van der Waals surface area contributed by atoms with E-state index in [2.05, 4.69) is 6.07 Å². The number of hydrogen-bond donors (Lipinski definition) is 2. The highest BCUT2D eigenvalue weighted by Gasteiger charge is 2.36. The number of imide groups is 1. The van der Waals surface area contributed by atoms with Crippen LogP contribution in [0.5, 0.6) is 0 Å². The number of amides is 2. The second-order valence-electron chi connectivity index (χ2n) is 8.53. The number of carbonyl (C=O) groups excluding carboxylic acids is 2. The van der Waals surface area contributed by atoms with Gasteiger partial charge in [-0.05, 0) is 60.2 Å². The zero-order chi connectivity index (χ0) is 24.9. The Labute approximate surface area is 202 Å². The maximum Gasteiger partial charge on any atom is 0.309 e. The van der Waals surface area contributed by atoms with Crippen LogP contribution in [0.4, 0.5) is 0 Å². The Balaban J connectivity index is 1.34. The van der Waals surface area contributed by atoms with Gasteiger partial charge in [-0.1, -0.05) is 48.5 Å². The monoisotopic (exact) mass is 468 g/mol. The van der Waals surface area contributed by atoms with Crippen LogP contribution in [-0.2, 0) is 11.2 Å². The van der Waals surface area contributed by atoms with Crippen molar-refractivity contribution in [3.8, 4) is 17.2 Å². The van der Waals surface area contributed by atoms with Crippen molar-refractivity contribution in [2.45, 2.75) is 25.4 Å². The van der Waals surface area contributed by atoms with Crippen LogP contribution in [0.2, 0.25) is 0 Å². The third-order valence-electron chi connectivity index (χ3n) is 6.35. The van der Waals surface area contributed by atoms with Crippen molar-refractivity contribution in [2.24, 2.45) is 5.92 Å². The molecule has 0 fully saturated rings. The number of nitrogens with zero attached hydrogens (tertiary/aromatic N) is 2. The van der Waals surface area contributed by atoms with Crippen LogP contribution in [0.1, 0.15) is 44.7 Å². The number of carboxylic acids is 1. The number of hydrogen-bond acceptors (Lipinski definition) is 5. The lowest BCUT2D eigenvalue weighted by Gasteiger charge is -2.22. The van der Waals surface area contributed by atoms with Crippen LogP contribution < -0.4 is 0 Å². The van der Waals surface area contributed by atoms with Gasteiger partial charge in [0, 0.05) is 6.54 Å². The molecule has 3 aromatic rings. The van der Waals surface area contributed by atoms with Crippen LogP contribution in [0.25, 0.3) is 11.1 Å². The molecule has 1 heterocycles. The van der Waals surface area contributed by atoms with Crippen molar-refractivity contribution < 1.29 is 24.6 Å². The minimum atomic E-state index is -1.16. The summed E-state index contributed by atoms with van der Waals surface area (Å²) < 4.78 is 0. The lowest BCUT2D eigenvalue weighted by Crippen LogP contribution is -2.36. The number of benzene rings is 3. The van der Waals surface area contributed by atoms with Crippen LogP contribution in [0.15, 0.2) is 72.8 Å². The highest BCUT2D eigenvalue weighted by Crippen LogP contribution is 2.25. The van der Waals surface area contributed by atoms with E-state index in [9.17, 15) is 24.6 Å². The van der Waals surface area contributed by atoms with E-state index in [0.717, 1.165) is 21.6 Å². The fourth-order valence-electron chi connectivity index (χ4n) is 4.31. The second-order valence-corrected chi connectivity index (χ2v) is 8.53. The minimum absolute atomic E-state index is 0.0282. The van der Waals surface area contributed by atoms with Crippen LogP contribution >= 0.6 is 0 Å². The van der Waals surface area contributed by atoms with Crippen molar-refractivity contribution >= 4 is 17.8 Å². The van der Waals surface area contributed by atoms with E-state index >= 15 is 0 Å². The van der Waals surface area contributed by atoms with Gasteiger partial charge in [0.25, 0.3) is 11.8 Å². The molecule has 0 bridgehead atoms. The van der Waals surface area contributed by atoms with Gasteiger partial charge in [0.15, 0.2) is 0 Å². The molecule has 2 atom stereocenters. The zero-order valence-electron chi connectivity index (χ0n) is 18.9. The molecule has 2 amide bonds. The molecule has 0 spiro atoms. The third kappa shape index (κ3) is 5.13. The van der Waals surface area contributed by atoms with E-state index in [4.69, 9.17) is 5.26 Å². The van der Waals surface area contributed by atoms with Gasteiger partial charge in [0.05, 0.1) is 34.8 Å². The summed E-state index contributed by atoms with van der Waals surface area (Å²) in [6.07, 6.45) is -0.443. The first-order valence-electron chi connectivity index (χ1n) is 11.3. The molecule has 35 heavy (non-hydrogen) atoms. The van der Waals surface area contributed by atoms with Crippen molar-refractivity contribution in [3.05, 3.63) is 95.1 Å². The summed E-state index contributed by atoms with van der Waals surface area (Å²) in [5.74, 6) is -3.14. The second kappa shape index (κ2) is 10.3. The van der Waals surface area contributed by atoms with Gasteiger partial charge < -0.3 is 10.2 Å². The highest BCUT2D eigenvalue weighted by molar-refractivity contribution is 6.21. The standard InChI is InChI=1S/C28H24N2O5/c29-17-19-7-12-21(13-8-19)20-10-5-18(6-11-20)9-14-25(31)24(28(34)35)15-16-30-26(32)22-3-1-2-4-23(22)27(30)33/h1-8,10-13,24-25,31H,9,14-16H2,(H,34,35). The van der Waals surface area contributed by atoms with Crippen LogP contribution in [-0.4, -0.2) is 45.5 Å². The topological polar surface area (TPSA) is 119 Å². The Kier molecular flexibility index (Phi) is 7.04. The molecule has 0 saturated carbocycles. The Morgan fingerprint density at radius 2 is 1.40 bits per heavy atom. The molecule has 1 aliphatic heterocycles. The van der Waals surface area contributed by atoms with Gasteiger partial charge in [0.2, 0.25) is 0 Å². The number of rotatable bonds is 9. The molecule has 2 N–H and O–H groups in total. The molecule has 0 aromatic heterocycles. The summed E-state index contributed by atoms with van der Waals surface area (Å²) in [5.41, 5.74) is 4.14. The third-order valence-corrected chi connectivity index (χ3v) is 6.35. The number of fused-ring (bicyclic) bond motifs is 1. The fourth-order valence-corrected chi connectivity index (χ4v) is 4.31. The largest absolute Gasteiger partial charge is 0.481 e. The van der Waals surface area contributed by atoms with Gasteiger partial charge in [-0.15, -0.1) is 0 Å². The van der Waals surface area contributed by atoms with Gasteiger partial charge in [0.1, 0.15) is 0 Å². The summed E-state index contributed by atoms with van der Waals surface area (Å²) in [7, 11) is 0. The lowest BCUT2D eigenvalue weighted by atomic mass is 9.93. The predicted octanol–water partition coefficient (Wildman–Crippen LogP) is 3.91. The molecule has 2 unspecified atom stereocenters. The average molecular weight is 469 g/mol. The highest BCUT2D eigenvalue weighted by atomic mass is 16.4. The van der Waals surface area contributed by atoms with E-state index in [1.807, 2.05) is 36.4 Å². The first-order valence-corrected chi connectivity index (χ1v) is 11.3. The molecule has 3 aromatic carbocycles. The summed E-state index contributed by atoms with van der Waals surface area (Å²) in [6, 6.07) is 23.6. The van der Waals surface area contributed by atoms with Gasteiger partial charge in [-0.25, -0.2) is 0 Å². The van der Waals surface area contributed by atoms with Crippen molar-refractivity contribution in [1.29, 1.82) is 5.26 Å². The molecule has 7 heteroatoms. The first-order chi connectivity index (χ1) is 16.9. The van der Waals surface area contributed by atoms with Crippen molar-refractivity contribution in [1.82, 2.24) is 4.90 Å². The molecule has 4 rings (SSSR count). The maximum absolute atomic E-state index is 12.5. The molecule has 7 nitrogen and oxygen atoms in total. The number of aliphatic hydroxyl groups is 1. The lowest BCUT2D eigenvalue weighted by molar-refractivity contribution is -0.146. The zero-order valence-corrected chi connectivity index (χ0v) is 18.9. The van der Waals surface area contributed by atoms with Crippen molar-refractivity contribution in [3.63, 3.8) is 0 Å². The van der Waals surface area contributed by atoms with Gasteiger partial charge >= 0.3 is 5.97 Å². The predicted molar refractivity (Wildman–Crippen MR) is 128 cm³/mol. The Morgan fingerprint density at radius 1 is 0.857 bits per heavy atom. The molecule has 0 aliphatic carbocycles. The van der Waals surface area contributed by atoms with E-state index in [0.29, 0.717) is 23.1 Å². The van der Waals surface area contributed by atoms with E-state index < -0.39 is 29.8 Å². The quantitative estimate of drug-likeness (QED) is 0.460. The molecular weight excluding hydrogens is 444 g/mol. The molecule has 176 valence electrons. The van der Waals surface area contributed by atoms with Crippen molar-refractivity contribution in [2.75, 3.05) is 6.54 Å². The van der Waals surface area contributed by atoms with E-state index in [1.165, 1.54) is 0 Å². The number of aliphatic hydroxyl groups excluding tert-OH is 1. The Bertz CT molecular complexity index is 1260. The summed E-state index contributed by atoms with van der Waals surface area (Å²) in [5, 5.41) is 29.2. The number of carboxylic acid groups (broad SMARTS) is 1. The molecule has 0 radical (unpaired) electrons. The minimum Gasteiger partial charge on any atom is -0.481 e. The number of nitriles is 1.